The van der Waals surface area contributed by atoms with Crippen LogP contribution in [-0.2, 0) is 4.74 Å². The van der Waals surface area contributed by atoms with Gasteiger partial charge in [0.2, 0.25) is 0 Å². The molecule has 6 heteroatoms. The van der Waals surface area contributed by atoms with Crippen LogP contribution in [0.3, 0.4) is 0 Å². The van der Waals surface area contributed by atoms with Crippen molar-refractivity contribution in [2.75, 3.05) is 25.5 Å². The highest BCUT2D eigenvalue weighted by molar-refractivity contribution is 6.39. The lowest BCUT2D eigenvalue weighted by molar-refractivity contribution is 0.0950. The van der Waals surface area contributed by atoms with Crippen molar-refractivity contribution in [3.63, 3.8) is 0 Å². The molecule has 3 N–H and O–H groups in total. The summed E-state index contributed by atoms with van der Waals surface area (Å²) < 4.78 is 5.28. The minimum absolute atomic E-state index is 0.192. The molecular formula is C13H16Cl2N2O2. The van der Waals surface area contributed by atoms with E-state index >= 15 is 0 Å². The van der Waals surface area contributed by atoms with E-state index in [2.05, 4.69) is 5.32 Å². The molecule has 19 heavy (non-hydrogen) atoms. The Morgan fingerprint density at radius 1 is 1.42 bits per heavy atom. The highest BCUT2D eigenvalue weighted by Gasteiger charge is 2.16. The minimum atomic E-state index is -0.192. The van der Waals surface area contributed by atoms with Crippen molar-refractivity contribution >= 4 is 34.8 Å². The molecule has 1 fully saturated rings. The van der Waals surface area contributed by atoms with Gasteiger partial charge in [0.15, 0.2) is 0 Å². The van der Waals surface area contributed by atoms with E-state index in [9.17, 15) is 4.79 Å². The van der Waals surface area contributed by atoms with Crippen LogP contribution in [0.1, 0.15) is 23.2 Å². The third-order valence-electron chi connectivity index (χ3n) is 3.20. The number of nitrogens with one attached hydrogen (secondary N) is 1. The van der Waals surface area contributed by atoms with Crippen molar-refractivity contribution in [2.24, 2.45) is 5.92 Å². The smallest absolute Gasteiger partial charge is 0.251 e. The molecule has 1 aliphatic heterocycles. The number of anilines is 1. The molecule has 1 aromatic rings. The zero-order valence-electron chi connectivity index (χ0n) is 10.4. The van der Waals surface area contributed by atoms with Crippen LogP contribution in [0.25, 0.3) is 0 Å². The summed E-state index contributed by atoms with van der Waals surface area (Å²) in [5.41, 5.74) is 6.34. The molecule has 0 saturated carbocycles. The van der Waals surface area contributed by atoms with E-state index in [1.165, 1.54) is 12.1 Å². The number of ether oxygens (including phenoxy) is 1. The summed E-state index contributed by atoms with van der Waals surface area (Å²) in [6.07, 6.45) is 1.98. The molecule has 0 spiro atoms. The van der Waals surface area contributed by atoms with Gasteiger partial charge in [-0.05, 0) is 30.9 Å². The van der Waals surface area contributed by atoms with Crippen LogP contribution < -0.4 is 11.1 Å². The summed E-state index contributed by atoms with van der Waals surface area (Å²) in [4.78, 5) is 11.9. The van der Waals surface area contributed by atoms with Gasteiger partial charge in [0.1, 0.15) is 0 Å². The van der Waals surface area contributed by atoms with E-state index in [1.54, 1.807) is 0 Å². The zero-order chi connectivity index (χ0) is 13.8. The van der Waals surface area contributed by atoms with Crippen molar-refractivity contribution in [1.29, 1.82) is 0 Å². The Labute approximate surface area is 122 Å². The largest absolute Gasteiger partial charge is 0.396 e. The fourth-order valence-electron chi connectivity index (χ4n) is 2.02. The van der Waals surface area contributed by atoms with Crippen molar-refractivity contribution in [3.8, 4) is 0 Å². The maximum absolute atomic E-state index is 11.9. The monoisotopic (exact) mass is 302 g/mol. The van der Waals surface area contributed by atoms with Crippen LogP contribution in [0.2, 0.25) is 10.0 Å². The Balaban J connectivity index is 1.88. The number of benzene rings is 1. The highest BCUT2D eigenvalue weighted by Crippen LogP contribution is 2.28. The molecule has 1 unspecified atom stereocenters. The number of nitrogen functional groups attached to an aromatic ring is 1. The SMILES string of the molecule is Nc1c(Cl)cc(C(=O)NCCC2CCOC2)cc1Cl. The molecule has 0 aliphatic carbocycles. The maximum Gasteiger partial charge on any atom is 0.251 e. The van der Waals surface area contributed by atoms with Crippen molar-refractivity contribution < 1.29 is 9.53 Å². The summed E-state index contributed by atoms with van der Waals surface area (Å²) in [7, 11) is 0. The van der Waals surface area contributed by atoms with Gasteiger partial charge in [-0.2, -0.15) is 0 Å². The molecule has 1 aromatic carbocycles. The van der Waals surface area contributed by atoms with Crippen molar-refractivity contribution in [2.45, 2.75) is 12.8 Å². The Morgan fingerprint density at radius 2 is 2.11 bits per heavy atom. The Morgan fingerprint density at radius 3 is 2.68 bits per heavy atom. The van der Waals surface area contributed by atoms with Crippen LogP contribution >= 0.6 is 23.2 Å². The Hall–Kier alpha value is -0.970. The summed E-state index contributed by atoms with van der Waals surface area (Å²) in [5, 5.41) is 3.43. The van der Waals surface area contributed by atoms with Gasteiger partial charge in [0, 0.05) is 25.3 Å². The molecule has 1 saturated heterocycles. The molecule has 1 atom stereocenters. The lowest BCUT2D eigenvalue weighted by atomic mass is 10.1. The van der Waals surface area contributed by atoms with Crippen molar-refractivity contribution in [1.82, 2.24) is 5.32 Å². The topological polar surface area (TPSA) is 64.4 Å². The highest BCUT2D eigenvalue weighted by atomic mass is 35.5. The predicted molar refractivity (Wildman–Crippen MR) is 76.8 cm³/mol. The molecule has 0 radical (unpaired) electrons. The number of amides is 1. The number of hydrogen-bond donors (Lipinski definition) is 2. The number of hydrogen-bond acceptors (Lipinski definition) is 3. The lowest BCUT2D eigenvalue weighted by Gasteiger charge is -2.10. The van der Waals surface area contributed by atoms with E-state index in [-0.39, 0.29) is 5.91 Å². The first kappa shape index (κ1) is 14.4. The molecule has 104 valence electrons. The Kier molecular flexibility index (Phi) is 4.91. The molecule has 0 aromatic heterocycles. The second-order valence-electron chi connectivity index (χ2n) is 4.63. The zero-order valence-corrected chi connectivity index (χ0v) is 11.9. The van der Waals surface area contributed by atoms with E-state index in [1.807, 2.05) is 0 Å². The second-order valence-corrected chi connectivity index (χ2v) is 5.44. The molecule has 1 aliphatic rings. The van der Waals surface area contributed by atoms with E-state index < -0.39 is 0 Å². The second kappa shape index (κ2) is 6.46. The first-order valence-corrected chi connectivity index (χ1v) is 6.94. The molecule has 0 bridgehead atoms. The number of halogens is 2. The average molecular weight is 303 g/mol. The summed E-state index contributed by atoms with van der Waals surface area (Å²) in [6, 6.07) is 3.05. The van der Waals surface area contributed by atoms with Gasteiger partial charge in [-0.1, -0.05) is 23.2 Å². The quantitative estimate of drug-likeness (QED) is 0.841. The third-order valence-corrected chi connectivity index (χ3v) is 3.83. The van der Waals surface area contributed by atoms with Gasteiger partial charge in [0.05, 0.1) is 15.7 Å². The number of rotatable bonds is 4. The van der Waals surface area contributed by atoms with Gasteiger partial charge in [-0.25, -0.2) is 0 Å². The molecule has 2 rings (SSSR count). The van der Waals surface area contributed by atoms with E-state index in [0.717, 1.165) is 26.1 Å². The summed E-state index contributed by atoms with van der Waals surface area (Å²) in [5.74, 6) is 0.349. The van der Waals surface area contributed by atoms with Crippen LogP contribution in [0.15, 0.2) is 12.1 Å². The molecular weight excluding hydrogens is 287 g/mol. The van der Waals surface area contributed by atoms with Gasteiger partial charge in [-0.3, -0.25) is 4.79 Å². The fourth-order valence-corrected chi connectivity index (χ4v) is 2.51. The van der Waals surface area contributed by atoms with Gasteiger partial charge < -0.3 is 15.8 Å². The molecule has 1 amide bonds. The number of nitrogens with two attached hydrogens (primary N) is 1. The average Bonchev–Trinajstić information content (AvgIpc) is 2.88. The van der Waals surface area contributed by atoms with E-state index in [0.29, 0.717) is 33.8 Å². The summed E-state index contributed by atoms with van der Waals surface area (Å²) >= 11 is 11.8. The standard InChI is InChI=1S/C13H16Cl2N2O2/c14-10-5-9(6-11(15)12(10)16)13(18)17-3-1-8-2-4-19-7-8/h5-6,8H,1-4,7,16H2,(H,17,18). The molecule has 4 nitrogen and oxygen atoms in total. The normalized spacial score (nSPS) is 18.5. The maximum atomic E-state index is 11.9. The van der Waals surface area contributed by atoms with Gasteiger partial charge >= 0.3 is 0 Å². The van der Waals surface area contributed by atoms with Crippen LogP contribution in [-0.4, -0.2) is 25.7 Å². The number of carbonyl (C=O) groups is 1. The fraction of sp³-hybridized carbons (Fsp3) is 0.462. The lowest BCUT2D eigenvalue weighted by Crippen LogP contribution is -2.26. The predicted octanol–water partition coefficient (Wildman–Crippen LogP) is 2.73. The van der Waals surface area contributed by atoms with E-state index in [4.69, 9.17) is 33.7 Å². The van der Waals surface area contributed by atoms with Gasteiger partial charge in [-0.15, -0.1) is 0 Å². The Bertz CT molecular complexity index is 451. The first-order valence-electron chi connectivity index (χ1n) is 6.18. The summed E-state index contributed by atoms with van der Waals surface area (Å²) in [6.45, 7) is 2.23. The first-order chi connectivity index (χ1) is 9.08. The van der Waals surface area contributed by atoms with Crippen LogP contribution in [0, 0.1) is 5.92 Å². The number of carbonyl (C=O) groups excluding carboxylic acids is 1. The molecule has 1 heterocycles. The van der Waals surface area contributed by atoms with Crippen LogP contribution in [0.4, 0.5) is 5.69 Å². The van der Waals surface area contributed by atoms with Crippen molar-refractivity contribution in [3.05, 3.63) is 27.7 Å². The van der Waals surface area contributed by atoms with Crippen LogP contribution in [0.5, 0.6) is 0 Å². The third kappa shape index (κ3) is 3.75. The minimum Gasteiger partial charge on any atom is -0.396 e. The van der Waals surface area contributed by atoms with Gasteiger partial charge in [0.25, 0.3) is 5.91 Å².